The molecule has 7 heteroatoms. The summed E-state index contributed by atoms with van der Waals surface area (Å²) in [5, 5.41) is 3.22. The van der Waals surface area contributed by atoms with E-state index >= 15 is 0 Å². The van der Waals surface area contributed by atoms with Crippen molar-refractivity contribution in [1.29, 1.82) is 0 Å². The van der Waals surface area contributed by atoms with Crippen LogP contribution in [0.2, 0.25) is 0 Å². The standard InChI is InChI=1S/C23H29N6O/c1-15(2)20-11-9-17(13-25-20)8-10-19-16(3)26-23(24)27-21(19)29-12-6-7-18(14-29)22(30)28(4)5/h9,11,13,18,20,25H,1-2,6-7,12,14H2,3-5H3,(H2,24,26,27)/q+1. The Bertz CT molecular complexity index is 966. The Morgan fingerprint density at radius 3 is 2.80 bits per heavy atom. The molecule has 2 atom stereocenters. The molecule has 2 unspecified atom stereocenters. The van der Waals surface area contributed by atoms with Crippen LogP contribution in [0.1, 0.15) is 24.1 Å². The summed E-state index contributed by atoms with van der Waals surface area (Å²) >= 11 is 0. The molecule has 7 nitrogen and oxygen atoms in total. The summed E-state index contributed by atoms with van der Waals surface area (Å²) in [6, 6.07) is 0.0206. The molecule has 0 aliphatic carbocycles. The molecule has 3 rings (SSSR count). The molecular formula is C23H29N6O+. The lowest BCUT2D eigenvalue weighted by atomic mass is 9.96. The Morgan fingerprint density at radius 2 is 2.17 bits per heavy atom. The van der Waals surface area contributed by atoms with E-state index in [1.54, 1.807) is 19.0 Å². The Balaban J connectivity index is 1.88. The minimum atomic E-state index is -0.0630. The molecule has 3 heterocycles. The van der Waals surface area contributed by atoms with Gasteiger partial charge in [0.1, 0.15) is 17.4 Å². The van der Waals surface area contributed by atoms with Gasteiger partial charge < -0.3 is 20.9 Å². The molecule has 1 aromatic heterocycles. The maximum Gasteiger partial charge on any atom is 0.226 e. The molecule has 0 bridgehead atoms. The molecule has 1 amide bonds. The van der Waals surface area contributed by atoms with Crippen molar-refractivity contribution < 1.29 is 4.79 Å². The van der Waals surface area contributed by atoms with Crippen LogP contribution >= 0.6 is 0 Å². The molecular weight excluding hydrogens is 376 g/mol. The fourth-order valence-corrected chi connectivity index (χ4v) is 3.64. The van der Waals surface area contributed by atoms with Crippen LogP contribution in [0.3, 0.4) is 0 Å². The van der Waals surface area contributed by atoms with Crippen LogP contribution < -0.4 is 16.0 Å². The number of piperidine rings is 1. The fraction of sp³-hybridized carbons (Fsp3) is 0.391. The number of anilines is 2. The van der Waals surface area contributed by atoms with Crippen LogP contribution in [0.5, 0.6) is 0 Å². The van der Waals surface area contributed by atoms with Gasteiger partial charge in [-0.05, 0) is 25.8 Å². The first-order valence-corrected chi connectivity index (χ1v) is 10.0. The summed E-state index contributed by atoms with van der Waals surface area (Å²) in [6.07, 6.45) is 7.57. The monoisotopic (exact) mass is 405 g/mol. The predicted octanol–water partition coefficient (Wildman–Crippen LogP) is 1.83. The number of aromatic nitrogens is 2. The van der Waals surface area contributed by atoms with Crippen molar-refractivity contribution in [2.24, 2.45) is 5.92 Å². The number of rotatable bonds is 3. The number of nitrogens with one attached hydrogen (secondary N) is 1. The maximum atomic E-state index is 12.5. The van der Waals surface area contributed by atoms with Crippen molar-refractivity contribution >= 4 is 17.7 Å². The number of nitrogens with two attached hydrogens (primary N) is 1. The maximum absolute atomic E-state index is 12.5. The van der Waals surface area contributed by atoms with Gasteiger partial charge in [0.05, 0.1) is 17.2 Å². The molecule has 0 spiro atoms. The van der Waals surface area contributed by atoms with Gasteiger partial charge in [-0.1, -0.05) is 17.9 Å². The molecule has 30 heavy (non-hydrogen) atoms. The first kappa shape index (κ1) is 21.3. The smallest absolute Gasteiger partial charge is 0.226 e. The second-order valence-electron chi connectivity index (χ2n) is 7.90. The number of allylic oxidation sites excluding steroid dienone is 2. The van der Waals surface area contributed by atoms with Gasteiger partial charge in [0.15, 0.2) is 0 Å². The summed E-state index contributed by atoms with van der Waals surface area (Å²) < 4.78 is 0. The molecule has 0 saturated carbocycles. The van der Waals surface area contributed by atoms with Crippen molar-refractivity contribution in [3.05, 3.63) is 54.3 Å². The van der Waals surface area contributed by atoms with E-state index in [2.05, 4.69) is 45.5 Å². The van der Waals surface area contributed by atoms with Crippen LogP contribution in [0.4, 0.5) is 11.8 Å². The summed E-state index contributed by atoms with van der Waals surface area (Å²) in [5.74, 6) is 7.38. The van der Waals surface area contributed by atoms with Gasteiger partial charge in [0.25, 0.3) is 0 Å². The van der Waals surface area contributed by atoms with E-state index < -0.39 is 0 Å². The quantitative estimate of drug-likeness (QED) is 0.589. The molecule has 1 fully saturated rings. The second kappa shape index (κ2) is 8.95. The average Bonchev–Trinajstić information content (AvgIpc) is 2.72. The lowest BCUT2D eigenvalue weighted by Crippen LogP contribution is -2.43. The van der Waals surface area contributed by atoms with Gasteiger partial charge in [-0.3, -0.25) is 4.79 Å². The Hall–Kier alpha value is -3.40. The largest absolute Gasteiger partial charge is 0.376 e. The molecule has 0 aromatic carbocycles. The fourth-order valence-electron chi connectivity index (χ4n) is 3.64. The van der Waals surface area contributed by atoms with E-state index in [4.69, 9.17) is 5.73 Å². The molecule has 0 radical (unpaired) electrons. The SMILES string of the molecule is C=C([CH2+])C1C=CC(C#Cc2c(C)nc(N)nc2N2CCCC(C(=O)N(C)C)C2)=CN1. The number of dihydropyridines is 1. The minimum absolute atomic E-state index is 0.0206. The van der Waals surface area contributed by atoms with Crippen molar-refractivity contribution in [1.82, 2.24) is 20.2 Å². The molecule has 2 aliphatic heterocycles. The first-order valence-electron chi connectivity index (χ1n) is 10.0. The van der Waals surface area contributed by atoms with E-state index in [1.165, 1.54) is 0 Å². The van der Waals surface area contributed by atoms with Crippen molar-refractivity contribution in [3.63, 3.8) is 0 Å². The molecule has 2 aliphatic rings. The highest BCUT2D eigenvalue weighted by Gasteiger charge is 2.29. The number of nitrogen functional groups attached to an aromatic ring is 1. The van der Waals surface area contributed by atoms with Crippen LogP contribution in [0.25, 0.3) is 0 Å². The third kappa shape index (κ3) is 4.77. The lowest BCUT2D eigenvalue weighted by molar-refractivity contribution is -0.133. The summed E-state index contributed by atoms with van der Waals surface area (Å²) in [6.45, 7) is 11.0. The Kier molecular flexibility index (Phi) is 6.36. The zero-order chi connectivity index (χ0) is 21.8. The normalized spacial score (nSPS) is 20.5. The number of aryl methyl sites for hydroxylation is 1. The van der Waals surface area contributed by atoms with Crippen molar-refractivity contribution in [3.8, 4) is 11.8 Å². The lowest BCUT2D eigenvalue weighted by Gasteiger charge is -2.34. The van der Waals surface area contributed by atoms with Crippen LogP contribution in [-0.4, -0.2) is 54.0 Å². The summed E-state index contributed by atoms with van der Waals surface area (Å²) in [7, 11) is 3.58. The van der Waals surface area contributed by atoms with Crippen LogP contribution in [0.15, 0.2) is 36.1 Å². The van der Waals surface area contributed by atoms with Gasteiger partial charge >= 0.3 is 0 Å². The highest BCUT2D eigenvalue weighted by Crippen LogP contribution is 2.27. The number of nitrogens with zero attached hydrogens (tertiary/aromatic N) is 4. The van der Waals surface area contributed by atoms with Crippen LogP contribution in [-0.2, 0) is 4.79 Å². The molecule has 1 saturated heterocycles. The summed E-state index contributed by atoms with van der Waals surface area (Å²) in [4.78, 5) is 25.0. The van der Waals surface area contributed by atoms with Gasteiger partial charge in [-0.2, -0.15) is 4.98 Å². The van der Waals surface area contributed by atoms with Gasteiger partial charge in [0.2, 0.25) is 11.9 Å². The highest BCUT2D eigenvalue weighted by atomic mass is 16.2. The van der Waals surface area contributed by atoms with Gasteiger partial charge in [-0.15, -0.1) is 0 Å². The first-order chi connectivity index (χ1) is 14.3. The topological polar surface area (TPSA) is 87.4 Å². The number of carbonyl (C=O) groups is 1. The molecule has 1 aromatic rings. The zero-order valence-electron chi connectivity index (χ0n) is 17.9. The molecule has 3 N–H and O–H groups in total. The summed E-state index contributed by atoms with van der Waals surface area (Å²) in [5.41, 5.74) is 9.04. The number of carbonyl (C=O) groups excluding carboxylic acids is 1. The van der Waals surface area contributed by atoms with Gasteiger partial charge in [0, 0.05) is 52.5 Å². The van der Waals surface area contributed by atoms with Gasteiger partial charge in [-0.25, -0.2) is 4.98 Å². The van der Waals surface area contributed by atoms with E-state index in [1.807, 2.05) is 25.3 Å². The van der Waals surface area contributed by atoms with E-state index in [0.717, 1.165) is 41.8 Å². The molecule has 156 valence electrons. The van der Waals surface area contributed by atoms with E-state index in [-0.39, 0.29) is 23.8 Å². The van der Waals surface area contributed by atoms with Crippen molar-refractivity contribution in [2.45, 2.75) is 25.8 Å². The minimum Gasteiger partial charge on any atom is -0.376 e. The van der Waals surface area contributed by atoms with E-state index in [0.29, 0.717) is 12.4 Å². The zero-order valence-corrected chi connectivity index (χ0v) is 17.9. The van der Waals surface area contributed by atoms with Crippen LogP contribution in [0, 0.1) is 31.6 Å². The highest BCUT2D eigenvalue weighted by molar-refractivity contribution is 5.79. The van der Waals surface area contributed by atoms with E-state index in [9.17, 15) is 4.79 Å². The number of hydrogen-bond acceptors (Lipinski definition) is 6. The predicted molar refractivity (Wildman–Crippen MR) is 120 cm³/mol. The number of amides is 1. The third-order valence-electron chi connectivity index (χ3n) is 5.26. The third-order valence-corrected chi connectivity index (χ3v) is 5.26. The number of hydrogen-bond donors (Lipinski definition) is 2. The second-order valence-corrected chi connectivity index (χ2v) is 7.90. The average molecular weight is 406 g/mol. The Labute approximate surface area is 178 Å². The van der Waals surface area contributed by atoms with Crippen molar-refractivity contribution in [2.75, 3.05) is 37.8 Å². The Morgan fingerprint density at radius 1 is 1.40 bits per heavy atom.